The van der Waals surface area contributed by atoms with E-state index >= 15 is 0 Å². The highest BCUT2D eigenvalue weighted by Crippen LogP contribution is 2.06. The zero-order valence-corrected chi connectivity index (χ0v) is 8.88. The van der Waals surface area contributed by atoms with Crippen LogP contribution in [0.3, 0.4) is 0 Å². The molecule has 0 aromatic rings. The third-order valence-electron chi connectivity index (χ3n) is 2.70. The molecule has 1 rings (SSSR count). The molecule has 1 aliphatic rings. The van der Waals surface area contributed by atoms with Crippen molar-refractivity contribution in [2.75, 3.05) is 39.9 Å². The minimum Gasteiger partial charge on any atom is -0.383 e. The van der Waals surface area contributed by atoms with Crippen molar-refractivity contribution < 1.29 is 4.74 Å². The molecule has 13 heavy (non-hydrogen) atoms. The minimum atomic E-state index is 0.719. The minimum absolute atomic E-state index is 0.719. The Morgan fingerprint density at radius 1 is 1.54 bits per heavy atom. The highest BCUT2D eigenvalue weighted by atomic mass is 16.5. The molecule has 0 radical (unpaired) electrons. The van der Waals surface area contributed by atoms with Crippen LogP contribution >= 0.6 is 0 Å². The lowest BCUT2D eigenvalue weighted by molar-refractivity contribution is 0.145. The monoisotopic (exact) mass is 186 g/mol. The summed E-state index contributed by atoms with van der Waals surface area (Å²) < 4.78 is 5.08. The zero-order valence-electron chi connectivity index (χ0n) is 8.88. The molecule has 0 spiro atoms. The molecule has 78 valence electrons. The largest absolute Gasteiger partial charge is 0.383 e. The lowest BCUT2D eigenvalue weighted by atomic mass is 10.2. The van der Waals surface area contributed by atoms with E-state index in [-0.39, 0.29) is 0 Å². The number of rotatable bonds is 6. The van der Waals surface area contributed by atoms with Gasteiger partial charge in [-0.3, -0.25) is 4.90 Å². The van der Waals surface area contributed by atoms with Crippen LogP contribution in [-0.2, 0) is 4.74 Å². The van der Waals surface area contributed by atoms with E-state index in [9.17, 15) is 0 Å². The van der Waals surface area contributed by atoms with Crippen molar-refractivity contribution in [2.45, 2.75) is 25.8 Å². The second kappa shape index (κ2) is 6.35. The zero-order chi connectivity index (χ0) is 9.52. The van der Waals surface area contributed by atoms with Gasteiger partial charge in [0.2, 0.25) is 0 Å². The van der Waals surface area contributed by atoms with Crippen molar-refractivity contribution >= 4 is 0 Å². The first-order chi connectivity index (χ1) is 6.36. The number of ether oxygens (including phenoxy) is 1. The van der Waals surface area contributed by atoms with E-state index in [0.717, 1.165) is 25.7 Å². The van der Waals surface area contributed by atoms with Gasteiger partial charge < -0.3 is 10.1 Å². The van der Waals surface area contributed by atoms with Crippen LogP contribution in [0.15, 0.2) is 0 Å². The van der Waals surface area contributed by atoms with Gasteiger partial charge >= 0.3 is 0 Å². The summed E-state index contributed by atoms with van der Waals surface area (Å²) in [6.45, 7) is 7.63. The number of hydrogen-bond donors (Lipinski definition) is 1. The van der Waals surface area contributed by atoms with Crippen molar-refractivity contribution in [1.29, 1.82) is 0 Å². The first kappa shape index (κ1) is 11.0. The number of nitrogens with one attached hydrogen (secondary N) is 1. The van der Waals surface area contributed by atoms with Gasteiger partial charge in [0.15, 0.2) is 0 Å². The fraction of sp³-hybridized carbons (Fsp3) is 1.00. The average molecular weight is 186 g/mol. The highest BCUT2D eigenvalue weighted by molar-refractivity contribution is 4.77. The van der Waals surface area contributed by atoms with Crippen LogP contribution in [0.1, 0.15) is 19.8 Å². The molecule has 1 aliphatic heterocycles. The fourth-order valence-electron chi connectivity index (χ4n) is 1.82. The first-order valence-corrected chi connectivity index (χ1v) is 5.31. The molecule has 0 amide bonds. The van der Waals surface area contributed by atoms with Gasteiger partial charge in [-0.25, -0.2) is 0 Å². The van der Waals surface area contributed by atoms with Crippen molar-refractivity contribution in [3.63, 3.8) is 0 Å². The van der Waals surface area contributed by atoms with Crippen molar-refractivity contribution in [1.82, 2.24) is 10.2 Å². The predicted octanol–water partition coefficient (Wildman–Crippen LogP) is 0.707. The maximum Gasteiger partial charge on any atom is 0.0589 e. The molecule has 3 nitrogen and oxygen atoms in total. The van der Waals surface area contributed by atoms with Crippen LogP contribution in [0.5, 0.6) is 0 Å². The fourth-order valence-corrected chi connectivity index (χ4v) is 1.82. The van der Waals surface area contributed by atoms with E-state index < -0.39 is 0 Å². The Bertz CT molecular complexity index is 124. The van der Waals surface area contributed by atoms with Crippen LogP contribution in [0.2, 0.25) is 0 Å². The molecular weight excluding hydrogens is 164 g/mol. The van der Waals surface area contributed by atoms with E-state index in [2.05, 4.69) is 17.1 Å². The van der Waals surface area contributed by atoms with Gasteiger partial charge in [0.05, 0.1) is 6.61 Å². The molecule has 0 unspecified atom stereocenters. The summed E-state index contributed by atoms with van der Waals surface area (Å²) in [7, 11) is 1.77. The summed E-state index contributed by atoms with van der Waals surface area (Å²) in [5.41, 5.74) is 0. The topological polar surface area (TPSA) is 24.5 Å². The van der Waals surface area contributed by atoms with E-state index in [1.807, 2.05) is 0 Å². The molecule has 0 aromatic heterocycles. The SMILES string of the molecule is CCN(CCOC)C[C@H]1CCCN1. The maximum atomic E-state index is 5.08. The van der Waals surface area contributed by atoms with Crippen molar-refractivity contribution in [2.24, 2.45) is 0 Å². The Morgan fingerprint density at radius 3 is 2.92 bits per heavy atom. The summed E-state index contributed by atoms with van der Waals surface area (Å²) >= 11 is 0. The Morgan fingerprint density at radius 2 is 2.38 bits per heavy atom. The van der Waals surface area contributed by atoms with Crippen LogP contribution in [0.4, 0.5) is 0 Å². The molecule has 0 aromatic carbocycles. The summed E-state index contributed by atoms with van der Waals surface area (Å²) in [6.07, 6.45) is 2.68. The Kier molecular flexibility index (Phi) is 5.35. The Hall–Kier alpha value is -0.120. The van der Waals surface area contributed by atoms with Crippen LogP contribution in [0.25, 0.3) is 0 Å². The molecule has 0 bridgehead atoms. The number of likely N-dealkylation sites (N-methyl/N-ethyl adjacent to an activating group) is 1. The molecule has 1 saturated heterocycles. The van der Waals surface area contributed by atoms with Crippen LogP contribution in [0, 0.1) is 0 Å². The quantitative estimate of drug-likeness (QED) is 0.661. The average Bonchev–Trinajstić information content (AvgIpc) is 2.64. The predicted molar refractivity (Wildman–Crippen MR) is 55.0 cm³/mol. The van der Waals surface area contributed by atoms with Gasteiger partial charge in [-0.15, -0.1) is 0 Å². The lowest BCUT2D eigenvalue weighted by Crippen LogP contribution is -2.38. The van der Waals surface area contributed by atoms with Gasteiger partial charge in [0.25, 0.3) is 0 Å². The van der Waals surface area contributed by atoms with Crippen LogP contribution < -0.4 is 5.32 Å². The van der Waals surface area contributed by atoms with Crippen LogP contribution in [-0.4, -0.2) is 50.8 Å². The second-order valence-corrected chi connectivity index (χ2v) is 3.68. The smallest absolute Gasteiger partial charge is 0.0589 e. The lowest BCUT2D eigenvalue weighted by Gasteiger charge is -2.23. The van der Waals surface area contributed by atoms with Crippen molar-refractivity contribution in [3.05, 3.63) is 0 Å². The van der Waals surface area contributed by atoms with Gasteiger partial charge in [0.1, 0.15) is 0 Å². The first-order valence-electron chi connectivity index (χ1n) is 5.31. The Labute approximate surface area is 81.4 Å². The molecule has 1 fully saturated rings. The van der Waals surface area contributed by atoms with E-state index in [0.29, 0.717) is 0 Å². The third-order valence-corrected chi connectivity index (χ3v) is 2.70. The molecule has 3 heteroatoms. The van der Waals surface area contributed by atoms with E-state index in [1.165, 1.54) is 25.9 Å². The van der Waals surface area contributed by atoms with Crippen molar-refractivity contribution in [3.8, 4) is 0 Å². The Balaban J connectivity index is 2.13. The summed E-state index contributed by atoms with van der Waals surface area (Å²) in [4.78, 5) is 2.45. The number of hydrogen-bond acceptors (Lipinski definition) is 3. The third kappa shape index (κ3) is 4.07. The van der Waals surface area contributed by atoms with Gasteiger partial charge in [-0.05, 0) is 25.9 Å². The normalized spacial score (nSPS) is 22.8. The number of nitrogens with zero attached hydrogens (tertiary/aromatic N) is 1. The molecule has 1 heterocycles. The number of methoxy groups -OCH3 is 1. The molecule has 0 aliphatic carbocycles. The maximum absolute atomic E-state index is 5.08. The van der Waals surface area contributed by atoms with Gasteiger partial charge in [0, 0.05) is 26.2 Å². The molecule has 0 saturated carbocycles. The summed E-state index contributed by atoms with van der Waals surface area (Å²) in [5.74, 6) is 0. The second-order valence-electron chi connectivity index (χ2n) is 3.68. The van der Waals surface area contributed by atoms with Gasteiger partial charge in [-0.2, -0.15) is 0 Å². The summed E-state index contributed by atoms with van der Waals surface area (Å²) in [5, 5.41) is 3.52. The summed E-state index contributed by atoms with van der Waals surface area (Å²) in [6, 6.07) is 0.719. The molecule has 1 N–H and O–H groups in total. The van der Waals surface area contributed by atoms with E-state index in [4.69, 9.17) is 4.74 Å². The molecular formula is C10H22N2O. The van der Waals surface area contributed by atoms with Gasteiger partial charge in [-0.1, -0.05) is 6.92 Å². The highest BCUT2D eigenvalue weighted by Gasteiger charge is 2.16. The standard InChI is InChI=1S/C10H22N2O/c1-3-12(7-8-13-2)9-10-5-4-6-11-10/h10-11H,3-9H2,1-2H3/t10-/m1/s1. The molecule has 1 atom stereocenters. The van der Waals surface area contributed by atoms with E-state index in [1.54, 1.807) is 7.11 Å².